The van der Waals surface area contributed by atoms with Crippen molar-refractivity contribution in [2.24, 2.45) is 4.99 Å². The third kappa shape index (κ3) is 2.98. The molecule has 0 aliphatic carbocycles. The maximum absolute atomic E-state index is 5.27. The zero-order chi connectivity index (χ0) is 17.1. The third-order valence-corrected chi connectivity index (χ3v) is 4.16. The van der Waals surface area contributed by atoms with Crippen LogP contribution in [0.4, 0.5) is 0 Å². The lowest BCUT2D eigenvalue weighted by molar-refractivity contribution is 0.415. The van der Waals surface area contributed by atoms with Crippen LogP contribution in [0, 0.1) is 0 Å². The van der Waals surface area contributed by atoms with Crippen LogP contribution in [0.5, 0.6) is 5.75 Å². The first-order valence-electron chi connectivity index (χ1n) is 8.31. The fraction of sp³-hybridized carbons (Fsp3) is 0.211. The number of methoxy groups -OCH3 is 1. The summed E-state index contributed by atoms with van der Waals surface area (Å²) in [6.45, 7) is 1.71. The first kappa shape index (κ1) is 15.4. The minimum atomic E-state index is 0.772. The largest absolute Gasteiger partial charge is 0.497 e. The van der Waals surface area contributed by atoms with Crippen LogP contribution in [-0.4, -0.2) is 41.0 Å². The van der Waals surface area contributed by atoms with E-state index in [2.05, 4.69) is 20.6 Å². The third-order valence-electron chi connectivity index (χ3n) is 4.16. The molecule has 0 radical (unpaired) electrons. The first-order valence-corrected chi connectivity index (χ1v) is 8.31. The van der Waals surface area contributed by atoms with Gasteiger partial charge >= 0.3 is 0 Å². The summed E-state index contributed by atoms with van der Waals surface area (Å²) >= 11 is 0. The highest BCUT2D eigenvalue weighted by atomic mass is 16.5. The zero-order valence-corrected chi connectivity index (χ0v) is 14.0. The Hall–Kier alpha value is -3.15. The second-order valence-corrected chi connectivity index (χ2v) is 5.77. The number of hydrogen-bond donors (Lipinski definition) is 1. The smallest absolute Gasteiger partial charge is 0.156 e. The molecule has 0 saturated heterocycles. The van der Waals surface area contributed by atoms with Gasteiger partial charge < -0.3 is 10.1 Å². The molecule has 126 valence electrons. The van der Waals surface area contributed by atoms with Crippen molar-refractivity contribution in [3.8, 4) is 22.7 Å². The van der Waals surface area contributed by atoms with Crippen molar-refractivity contribution < 1.29 is 4.74 Å². The highest BCUT2D eigenvalue weighted by Crippen LogP contribution is 2.27. The highest BCUT2D eigenvalue weighted by Gasteiger charge is 2.21. The number of amidine groups is 1. The number of hydrogen-bond acceptors (Lipinski definition) is 5. The van der Waals surface area contributed by atoms with Crippen molar-refractivity contribution in [2.45, 2.75) is 6.42 Å². The molecular formula is C19H19N5O. The van der Waals surface area contributed by atoms with E-state index in [-0.39, 0.29) is 0 Å². The molecule has 0 fully saturated rings. The normalized spacial score (nSPS) is 13.9. The Morgan fingerprint density at radius 1 is 1.04 bits per heavy atom. The number of nitrogens with zero attached hydrogens (tertiary/aromatic N) is 4. The SMILES string of the molecule is COc1ccc(-c2c(C3=NCCCN3)nnn2-c2ccccc2)cc1. The molecule has 0 unspecified atom stereocenters. The number of nitrogens with one attached hydrogen (secondary N) is 1. The molecule has 2 heterocycles. The molecule has 1 aliphatic heterocycles. The average Bonchev–Trinajstić information content (AvgIpc) is 3.14. The van der Waals surface area contributed by atoms with Crippen LogP contribution in [0.1, 0.15) is 12.1 Å². The fourth-order valence-electron chi connectivity index (χ4n) is 2.89. The molecule has 1 N–H and O–H groups in total. The molecule has 3 aromatic rings. The van der Waals surface area contributed by atoms with Crippen molar-refractivity contribution in [3.05, 3.63) is 60.3 Å². The van der Waals surface area contributed by atoms with Gasteiger partial charge in [-0.2, -0.15) is 0 Å². The lowest BCUT2D eigenvalue weighted by Gasteiger charge is -2.14. The topological polar surface area (TPSA) is 64.3 Å². The van der Waals surface area contributed by atoms with Crippen LogP contribution < -0.4 is 10.1 Å². The summed E-state index contributed by atoms with van der Waals surface area (Å²) in [6.07, 6.45) is 1.04. The molecule has 25 heavy (non-hydrogen) atoms. The van der Waals surface area contributed by atoms with E-state index in [1.165, 1.54) is 0 Å². The van der Waals surface area contributed by atoms with Gasteiger partial charge in [0, 0.05) is 18.7 Å². The van der Waals surface area contributed by atoms with Crippen LogP contribution in [0.2, 0.25) is 0 Å². The van der Waals surface area contributed by atoms with E-state index in [0.29, 0.717) is 0 Å². The number of benzene rings is 2. The van der Waals surface area contributed by atoms with Gasteiger partial charge in [-0.05, 0) is 42.8 Å². The minimum absolute atomic E-state index is 0.772. The minimum Gasteiger partial charge on any atom is -0.497 e. The molecular weight excluding hydrogens is 314 g/mol. The van der Waals surface area contributed by atoms with Crippen molar-refractivity contribution in [1.82, 2.24) is 20.3 Å². The summed E-state index contributed by atoms with van der Waals surface area (Å²) in [5.41, 5.74) is 3.67. The number of para-hydroxylation sites is 1. The number of ether oxygens (including phenoxy) is 1. The highest BCUT2D eigenvalue weighted by molar-refractivity contribution is 6.02. The Bertz CT molecular complexity index is 884. The molecule has 6 heteroatoms. The van der Waals surface area contributed by atoms with E-state index >= 15 is 0 Å². The molecule has 0 amide bonds. The standard InChI is InChI=1S/C19H19N5O/c1-25-16-10-8-14(9-11-16)18-17(19-20-12-5-13-21-19)22-23-24(18)15-6-3-2-4-7-15/h2-4,6-11H,5,12-13H2,1H3,(H,20,21). The van der Waals surface area contributed by atoms with E-state index in [4.69, 9.17) is 4.74 Å². The van der Waals surface area contributed by atoms with Crippen molar-refractivity contribution in [3.63, 3.8) is 0 Å². The lowest BCUT2D eigenvalue weighted by Crippen LogP contribution is -2.31. The van der Waals surface area contributed by atoms with Gasteiger partial charge in [0.05, 0.1) is 12.8 Å². The van der Waals surface area contributed by atoms with Crippen molar-refractivity contribution in [1.29, 1.82) is 0 Å². The van der Waals surface area contributed by atoms with E-state index in [0.717, 1.165) is 53.7 Å². The number of aromatic nitrogens is 3. The predicted molar refractivity (Wildman–Crippen MR) is 97.4 cm³/mol. The molecule has 0 atom stereocenters. The molecule has 0 bridgehead atoms. The predicted octanol–water partition coefficient (Wildman–Crippen LogP) is 2.68. The second-order valence-electron chi connectivity index (χ2n) is 5.77. The summed E-state index contributed by atoms with van der Waals surface area (Å²) in [5, 5.41) is 12.2. The summed E-state index contributed by atoms with van der Waals surface area (Å²) < 4.78 is 7.13. The average molecular weight is 333 g/mol. The summed E-state index contributed by atoms with van der Waals surface area (Å²) in [6, 6.07) is 17.9. The van der Waals surface area contributed by atoms with E-state index in [1.807, 2.05) is 59.3 Å². The monoisotopic (exact) mass is 333 g/mol. The van der Waals surface area contributed by atoms with Crippen LogP contribution in [0.25, 0.3) is 16.9 Å². The Morgan fingerprint density at radius 2 is 1.84 bits per heavy atom. The van der Waals surface area contributed by atoms with Gasteiger partial charge in [-0.3, -0.25) is 4.99 Å². The van der Waals surface area contributed by atoms with Crippen molar-refractivity contribution >= 4 is 5.84 Å². The summed E-state index contributed by atoms with van der Waals surface area (Å²) in [5.74, 6) is 1.62. The number of rotatable bonds is 4. The maximum Gasteiger partial charge on any atom is 0.156 e. The number of aliphatic imine (C=N–C) groups is 1. The van der Waals surface area contributed by atoms with Crippen molar-refractivity contribution in [2.75, 3.05) is 20.2 Å². The summed E-state index contributed by atoms with van der Waals surface area (Å²) in [4.78, 5) is 4.59. The molecule has 0 saturated carbocycles. The second kappa shape index (κ2) is 6.76. The Balaban J connectivity index is 1.88. The molecule has 6 nitrogen and oxygen atoms in total. The quantitative estimate of drug-likeness (QED) is 0.797. The Morgan fingerprint density at radius 3 is 2.52 bits per heavy atom. The molecule has 2 aromatic carbocycles. The van der Waals surface area contributed by atoms with Gasteiger partial charge in [-0.25, -0.2) is 4.68 Å². The van der Waals surface area contributed by atoms with Gasteiger partial charge in [0.1, 0.15) is 11.4 Å². The van der Waals surface area contributed by atoms with Gasteiger partial charge in [0.2, 0.25) is 0 Å². The van der Waals surface area contributed by atoms with Crippen LogP contribution in [-0.2, 0) is 0 Å². The maximum atomic E-state index is 5.27. The zero-order valence-electron chi connectivity index (χ0n) is 14.0. The van der Waals surface area contributed by atoms with E-state index < -0.39 is 0 Å². The molecule has 1 aromatic heterocycles. The van der Waals surface area contributed by atoms with Crippen LogP contribution in [0.15, 0.2) is 59.6 Å². The van der Waals surface area contributed by atoms with E-state index in [9.17, 15) is 0 Å². The van der Waals surface area contributed by atoms with Crippen LogP contribution in [0.3, 0.4) is 0 Å². The molecule has 0 spiro atoms. The Labute approximate surface area is 146 Å². The molecule has 1 aliphatic rings. The summed E-state index contributed by atoms with van der Waals surface area (Å²) in [7, 11) is 1.66. The lowest BCUT2D eigenvalue weighted by atomic mass is 10.1. The molecule has 4 rings (SSSR count). The Kier molecular flexibility index (Phi) is 4.16. The fourth-order valence-corrected chi connectivity index (χ4v) is 2.89. The first-order chi connectivity index (χ1) is 12.4. The van der Waals surface area contributed by atoms with E-state index in [1.54, 1.807) is 7.11 Å². The van der Waals surface area contributed by atoms with Gasteiger partial charge in [-0.1, -0.05) is 23.4 Å². The van der Waals surface area contributed by atoms with Crippen LogP contribution >= 0.6 is 0 Å². The van der Waals surface area contributed by atoms with Gasteiger partial charge in [-0.15, -0.1) is 5.10 Å². The van der Waals surface area contributed by atoms with Gasteiger partial charge in [0.25, 0.3) is 0 Å². The van der Waals surface area contributed by atoms with Gasteiger partial charge in [0.15, 0.2) is 11.5 Å².